The summed E-state index contributed by atoms with van der Waals surface area (Å²) < 4.78 is 5.40. The molecule has 0 aliphatic heterocycles. The predicted octanol–water partition coefficient (Wildman–Crippen LogP) is 1.03. The summed E-state index contributed by atoms with van der Waals surface area (Å²) in [5.41, 5.74) is 0. The van der Waals surface area contributed by atoms with Crippen LogP contribution in [0, 0.1) is 6.92 Å². The smallest absolute Gasteiger partial charge is 0.135 e. The molecule has 0 bridgehead atoms. The summed E-state index contributed by atoms with van der Waals surface area (Å²) in [4.78, 5) is 0. The first kappa shape index (κ1) is 8.30. The van der Waals surface area contributed by atoms with Gasteiger partial charge >= 0.3 is 0 Å². The van der Waals surface area contributed by atoms with E-state index in [-0.39, 0.29) is 6.17 Å². The van der Waals surface area contributed by atoms with Gasteiger partial charge in [-0.05, 0) is 33.2 Å². The van der Waals surface area contributed by atoms with Gasteiger partial charge in [0.05, 0.1) is 0 Å². The largest absolute Gasteiger partial charge is 0.463 e. The first-order valence-corrected chi connectivity index (χ1v) is 3.68. The van der Waals surface area contributed by atoms with Gasteiger partial charge in [-0.15, -0.1) is 0 Å². The van der Waals surface area contributed by atoms with Crippen LogP contribution in [0.1, 0.15) is 17.7 Å². The Bertz CT molecular complexity index is 216. The standard InChI is InChI=1S/C8H14N2O/c1-6-4-5-7(11-6)8(9-2)10-3/h4-5,8-10H,1-3H3. The average molecular weight is 154 g/mol. The fourth-order valence-corrected chi connectivity index (χ4v) is 1.04. The van der Waals surface area contributed by atoms with Gasteiger partial charge in [-0.3, -0.25) is 10.6 Å². The summed E-state index contributed by atoms with van der Waals surface area (Å²) in [6, 6.07) is 3.92. The van der Waals surface area contributed by atoms with Gasteiger partial charge in [0.1, 0.15) is 17.7 Å². The van der Waals surface area contributed by atoms with Crippen LogP contribution in [0.15, 0.2) is 16.5 Å². The second-order valence-corrected chi connectivity index (χ2v) is 2.46. The third kappa shape index (κ3) is 1.82. The number of hydrogen-bond donors (Lipinski definition) is 2. The minimum absolute atomic E-state index is 0.115. The Labute approximate surface area is 66.8 Å². The van der Waals surface area contributed by atoms with Crippen molar-refractivity contribution < 1.29 is 4.42 Å². The molecular weight excluding hydrogens is 140 g/mol. The molecule has 0 aliphatic carbocycles. The summed E-state index contributed by atoms with van der Waals surface area (Å²) in [5.74, 6) is 1.86. The molecule has 0 saturated heterocycles. The van der Waals surface area contributed by atoms with Crippen molar-refractivity contribution in [2.75, 3.05) is 14.1 Å². The Morgan fingerprint density at radius 3 is 2.27 bits per heavy atom. The van der Waals surface area contributed by atoms with Gasteiger partial charge in [0, 0.05) is 0 Å². The SMILES string of the molecule is CNC(NC)c1ccc(C)o1. The van der Waals surface area contributed by atoms with E-state index in [0.717, 1.165) is 11.5 Å². The normalized spacial score (nSPS) is 10.9. The quantitative estimate of drug-likeness (QED) is 0.638. The molecule has 0 aromatic carbocycles. The molecule has 0 spiro atoms. The third-order valence-electron chi connectivity index (χ3n) is 1.62. The molecule has 0 unspecified atom stereocenters. The van der Waals surface area contributed by atoms with Crippen molar-refractivity contribution in [3.8, 4) is 0 Å². The lowest BCUT2D eigenvalue weighted by Crippen LogP contribution is -2.28. The second kappa shape index (κ2) is 3.55. The highest BCUT2D eigenvalue weighted by Crippen LogP contribution is 2.12. The van der Waals surface area contributed by atoms with Gasteiger partial charge in [-0.25, -0.2) is 0 Å². The van der Waals surface area contributed by atoms with Crippen molar-refractivity contribution in [2.24, 2.45) is 0 Å². The Balaban J connectivity index is 2.73. The van der Waals surface area contributed by atoms with E-state index in [0.29, 0.717) is 0 Å². The monoisotopic (exact) mass is 154 g/mol. The molecule has 3 nitrogen and oxygen atoms in total. The molecule has 0 aliphatic rings. The molecule has 0 amide bonds. The van der Waals surface area contributed by atoms with Crippen LogP contribution in [0.4, 0.5) is 0 Å². The zero-order valence-electron chi connectivity index (χ0n) is 7.14. The number of nitrogens with one attached hydrogen (secondary N) is 2. The number of aryl methyl sites for hydroxylation is 1. The van der Waals surface area contributed by atoms with Gasteiger partial charge in [0.2, 0.25) is 0 Å². The summed E-state index contributed by atoms with van der Waals surface area (Å²) in [6.45, 7) is 1.94. The molecule has 0 fully saturated rings. The Morgan fingerprint density at radius 1 is 1.27 bits per heavy atom. The van der Waals surface area contributed by atoms with E-state index in [2.05, 4.69) is 10.6 Å². The Hall–Kier alpha value is -0.800. The van der Waals surface area contributed by atoms with Crippen LogP contribution in [0.3, 0.4) is 0 Å². The summed E-state index contributed by atoms with van der Waals surface area (Å²) in [6.07, 6.45) is 0.115. The topological polar surface area (TPSA) is 37.2 Å². The van der Waals surface area contributed by atoms with Crippen LogP contribution in [0.2, 0.25) is 0 Å². The van der Waals surface area contributed by atoms with Crippen molar-refractivity contribution in [3.05, 3.63) is 23.7 Å². The fraction of sp³-hybridized carbons (Fsp3) is 0.500. The minimum Gasteiger partial charge on any atom is -0.463 e. The van der Waals surface area contributed by atoms with Gasteiger partial charge < -0.3 is 4.42 Å². The molecule has 3 heteroatoms. The molecule has 0 radical (unpaired) electrons. The molecule has 1 aromatic heterocycles. The van der Waals surface area contributed by atoms with Crippen molar-refractivity contribution >= 4 is 0 Å². The third-order valence-corrected chi connectivity index (χ3v) is 1.62. The second-order valence-electron chi connectivity index (χ2n) is 2.46. The maximum atomic E-state index is 5.40. The van der Waals surface area contributed by atoms with Gasteiger partial charge in [0.25, 0.3) is 0 Å². The van der Waals surface area contributed by atoms with E-state index in [1.54, 1.807) is 0 Å². The number of rotatable bonds is 3. The molecule has 1 heterocycles. The highest BCUT2D eigenvalue weighted by atomic mass is 16.3. The zero-order valence-corrected chi connectivity index (χ0v) is 7.14. The van der Waals surface area contributed by atoms with E-state index < -0.39 is 0 Å². The molecule has 2 N–H and O–H groups in total. The highest BCUT2D eigenvalue weighted by molar-refractivity contribution is 5.08. The predicted molar refractivity (Wildman–Crippen MR) is 44.3 cm³/mol. The summed E-state index contributed by atoms with van der Waals surface area (Å²) in [7, 11) is 3.78. The van der Waals surface area contributed by atoms with E-state index >= 15 is 0 Å². The maximum absolute atomic E-state index is 5.40. The van der Waals surface area contributed by atoms with Crippen LogP contribution in [0.25, 0.3) is 0 Å². The molecule has 0 atom stereocenters. The van der Waals surface area contributed by atoms with Crippen molar-refractivity contribution in [1.29, 1.82) is 0 Å². The van der Waals surface area contributed by atoms with Gasteiger partial charge in [-0.1, -0.05) is 0 Å². The summed E-state index contributed by atoms with van der Waals surface area (Å²) >= 11 is 0. The molecule has 0 saturated carbocycles. The molecule has 1 aromatic rings. The lowest BCUT2D eigenvalue weighted by molar-refractivity contribution is 0.386. The summed E-state index contributed by atoms with van der Waals surface area (Å²) in [5, 5.41) is 6.15. The molecule has 1 rings (SSSR count). The molecular formula is C8H14N2O. The lowest BCUT2D eigenvalue weighted by Gasteiger charge is -2.11. The van der Waals surface area contributed by atoms with Gasteiger partial charge in [0.15, 0.2) is 0 Å². The number of furan rings is 1. The van der Waals surface area contributed by atoms with Gasteiger partial charge in [-0.2, -0.15) is 0 Å². The van der Waals surface area contributed by atoms with Crippen LogP contribution >= 0.6 is 0 Å². The van der Waals surface area contributed by atoms with E-state index in [1.165, 1.54) is 0 Å². The van der Waals surface area contributed by atoms with Crippen LogP contribution in [-0.4, -0.2) is 14.1 Å². The average Bonchev–Trinajstić information content (AvgIpc) is 2.39. The van der Waals surface area contributed by atoms with Crippen molar-refractivity contribution in [2.45, 2.75) is 13.1 Å². The maximum Gasteiger partial charge on any atom is 0.135 e. The minimum atomic E-state index is 0.115. The van der Waals surface area contributed by atoms with E-state index in [1.807, 2.05) is 33.2 Å². The van der Waals surface area contributed by atoms with Crippen LogP contribution in [0.5, 0.6) is 0 Å². The van der Waals surface area contributed by atoms with Crippen LogP contribution < -0.4 is 10.6 Å². The number of hydrogen-bond acceptors (Lipinski definition) is 3. The van der Waals surface area contributed by atoms with Crippen molar-refractivity contribution in [3.63, 3.8) is 0 Å². The fourth-order valence-electron chi connectivity index (χ4n) is 1.04. The first-order valence-electron chi connectivity index (χ1n) is 3.68. The van der Waals surface area contributed by atoms with E-state index in [4.69, 9.17) is 4.42 Å². The molecule has 11 heavy (non-hydrogen) atoms. The Morgan fingerprint density at radius 2 is 1.91 bits per heavy atom. The van der Waals surface area contributed by atoms with E-state index in [9.17, 15) is 0 Å². The highest BCUT2D eigenvalue weighted by Gasteiger charge is 2.08. The Kier molecular flexibility index (Phi) is 2.68. The zero-order chi connectivity index (χ0) is 8.27. The first-order chi connectivity index (χ1) is 5.27. The molecule has 62 valence electrons. The van der Waals surface area contributed by atoms with Crippen molar-refractivity contribution in [1.82, 2.24) is 10.6 Å². The van der Waals surface area contributed by atoms with Crippen LogP contribution in [-0.2, 0) is 0 Å². The lowest BCUT2D eigenvalue weighted by atomic mass is 10.3.